The molecule has 0 amide bonds. The van der Waals surface area contributed by atoms with Crippen molar-refractivity contribution in [2.75, 3.05) is 6.54 Å². The van der Waals surface area contributed by atoms with Crippen LogP contribution < -0.4 is 0 Å². The van der Waals surface area contributed by atoms with Crippen molar-refractivity contribution >= 4 is 16.9 Å². The van der Waals surface area contributed by atoms with Crippen LogP contribution in [0.3, 0.4) is 0 Å². The first-order valence-electron chi connectivity index (χ1n) is 7.15. The third-order valence-electron chi connectivity index (χ3n) is 3.91. The van der Waals surface area contributed by atoms with Crippen LogP contribution in [0.25, 0.3) is 0 Å². The molecular weight excluding hydrogens is 280 g/mol. The third-order valence-corrected chi connectivity index (χ3v) is 5.01. The van der Waals surface area contributed by atoms with Gasteiger partial charge in [-0.3, -0.25) is 15.0 Å². The second-order valence-corrected chi connectivity index (χ2v) is 6.83. The highest BCUT2D eigenvalue weighted by Gasteiger charge is 2.43. The van der Waals surface area contributed by atoms with Gasteiger partial charge >= 0.3 is 0 Å². The minimum Gasteiger partial charge on any atom is -0.341 e. The van der Waals surface area contributed by atoms with Crippen molar-refractivity contribution in [1.82, 2.24) is 14.9 Å². The molecule has 1 fully saturated rings. The minimum atomic E-state index is 0.0606. The summed E-state index contributed by atoms with van der Waals surface area (Å²) in [5.74, 6) is 0. The molecular formula is C16H16N4S. The van der Waals surface area contributed by atoms with Gasteiger partial charge in [-0.2, -0.15) is 0 Å². The number of hydrogen-bond acceptors (Lipinski definition) is 5. The molecule has 4 nitrogen and oxygen atoms in total. The number of amidine groups is 1. The fourth-order valence-electron chi connectivity index (χ4n) is 3.03. The lowest BCUT2D eigenvalue weighted by molar-refractivity contribution is 0.320. The van der Waals surface area contributed by atoms with E-state index in [2.05, 4.69) is 33.9 Å². The molecule has 0 N–H and O–H groups in total. The van der Waals surface area contributed by atoms with Gasteiger partial charge in [0.05, 0.1) is 11.7 Å². The topological polar surface area (TPSA) is 41.4 Å². The van der Waals surface area contributed by atoms with Crippen molar-refractivity contribution in [2.45, 2.75) is 24.3 Å². The molecule has 21 heavy (non-hydrogen) atoms. The predicted molar refractivity (Wildman–Crippen MR) is 85.2 cm³/mol. The molecule has 0 bridgehead atoms. The van der Waals surface area contributed by atoms with E-state index in [4.69, 9.17) is 4.99 Å². The molecule has 1 saturated heterocycles. The zero-order chi connectivity index (χ0) is 14.2. The first kappa shape index (κ1) is 12.8. The minimum absolute atomic E-state index is 0.0606. The number of pyridine rings is 2. The average Bonchev–Trinajstić information content (AvgIpc) is 3.05. The maximum Gasteiger partial charge on any atom is 0.160 e. The Balaban J connectivity index is 1.77. The molecule has 106 valence electrons. The van der Waals surface area contributed by atoms with Crippen LogP contribution in [-0.2, 0) is 0 Å². The highest BCUT2D eigenvalue weighted by molar-refractivity contribution is 8.14. The van der Waals surface area contributed by atoms with E-state index in [0.29, 0.717) is 5.25 Å². The fraction of sp³-hybridized carbons (Fsp3) is 0.312. The van der Waals surface area contributed by atoms with Crippen LogP contribution in [0.5, 0.6) is 0 Å². The van der Waals surface area contributed by atoms with Gasteiger partial charge in [-0.05, 0) is 23.8 Å². The lowest BCUT2D eigenvalue weighted by atomic mass is 9.98. The van der Waals surface area contributed by atoms with Gasteiger partial charge in [-0.15, -0.1) is 0 Å². The number of thioether (sulfide) groups is 1. The van der Waals surface area contributed by atoms with E-state index in [1.54, 1.807) is 0 Å². The molecule has 4 heterocycles. The lowest BCUT2D eigenvalue weighted by Gasteiger charge is -2.26. The monoisotopic (exact) mass is 296 g/mol. The molecule has 2 aromatic rings. The number of hydrogen-bond donors (Lipinski definition) is 0. The highest BCUT2D eigenvalue weighted by Crippen LogP contribution is 2.47. The van der Waals surface area contributed by atoms with E-state index in [9.17, 15) is 0 Å². The molecule has 0 saturated carbocycles. The molecule has 0 spiro atoms. The van der Waals surface area contributed by atoms with E-state index in [1.807, 2.05) is 48.6 Å². The van der Waals surface area contributed by atoms with E-state index in [0.717, 1.165) is 17.4 Å². The summed E-state index contributed by atoms with van der Waals surface area (Å²) in [6.07, 6.45) is 5.61. The van der Waals surface area contributed by atoms with Gasteiger partial charge < -0.3 is 4.90 Å². The smallest absolute Gasteiger partial charge is 0.160 e. The van der Waals surface area contributed by atoms with Crippen molar-refractivity contribution in [3.63, 3.8) is 0 Å². The molecule has 4 rings (SSSR count). The van der Waals surface area contributed by atoms with E-state index in [1.165, 1.54) is 5.56 Å². The van der Waals surface area contributed by atoms with Crippen LogP contribution in [0.2, 0.25) is 0 Å². The number of nitrogens with zero attached hydrogens (tertiary/aromatic N) is 4. The zero-order valence-electron chi connectivity index (χ0n) is 11.8. The number of rotatable bonds is 2. The van der Waals surface area contributed by atoms with Gasteiger partial charge in [0.2, 0.25) is 0 Å². The summed E-state index contributed by atoms with van der Waals surface area (Å²) >= 11 is 1.86. The Bertz CT molecular complexity index is 658. The lowest BCUT2D eigenvalue weighted by Crippen LogP contribution is -2.28. The molecule has 0 aliphatic carbocycles. The Hall–Kier alpha value is -1.88. The molecule has 2 aliphatic rings. The Morgan fingerprint density at radius 2 is 2.14 bits per heavy atom. The first-order valence-corrected chi connectivity index (χ1v) is 8.03. The van der Waals surface area contributed by atoms with Gasteiger partial charge in [0.1, 0.15) is 6.04 Å². The maximum atomic E-state index is 4.94. The second-order valence-electron chi connectivity index (χ2n) is 5.42. The maximum absolute atomic E-state index is 4.94. The van der Waals surface area contributed by atoms with Crippen molar-refractivity contribution in [2.24, 2.45) is 4.99 Å². The summed E-state index contributed by atoms with van der Waals surface area (Å²) in [5, 5.41) is 1.74. The largest absolute Gasteiger partial charge is 0.341 e. The Kier molecular flexibility index (Phi) is 3.15. The standard InChI is InChI=1S/C16H16N4S/c1-11-10-20-15(12-5-4-7-17-9-12)14(19-16(20)21-11)13-6-2-3-8-18-13/h2-9,11,14-15H,10H2,1H3/t11-,14+,15-/m1/s1. The number of aromatic nitrogens is 2. The Morgan fingerprint density at radius 1 is 1.19 bits per heavy atom. The van der Waals surface area contributed by atoms with Gasteiger partial charge in [0, 0.05) is 30.4 Å². The van der Waals surface area contributed by atoms with E-state index >= 15 is 0 Å². The number of aliphatic imine (C=N–C) groups is 1. The summed E-state index contributed by atoms with van der Waals surface area (Å²) < 4.78 is 0. The predicted octanol–water partition coefficient (Wildman–Crippen LogP) is 3.07. The van der Waals surface area contributed by atoms with Crippen LogP contribution in [-0.4, -0.2) is 31.8 Å². The quantitative estimate of drug-likeness (QED) is 0.854. The van der Waals surface area contributed by atoms with Gasteiger partial charge in [0.25, 0.3) is 0 Å². The second kappa shape index (κ2) is 5.15. The van der Waals surface area contributed by atoms with Crippen LogP contribution in [0.15, 0.2) is 53.9 Å². The molecule has 0 radical (unpaired) electrons. The van der Waals surface area contributed by atoms with Gasteiger partial charge in [0.15, 0.2) is 5.17 Å². The zero-order valence-corrected chi connectivity index (χ0v) is 12.6. The van der Waals surface area contributed by atoms with Crippen molar-refractivity contribution in [3.8, 4) is 0 Å². The average molecular weight is 296 g/mol. The first-order chi connectivity index (χ1) is 10.3. The molecule has 0 aromatic carbocycles. The third kappa shape index (κ3) is 2.21. The van der Waals surface area contributed by atoms with Crippen molar-refractivity contribution in [3.05, 3.63) is 60.2 Å². The van der Waals surface area contributed by atoms with Crippen molar-refractivity contribution < 1.29 is 0 Å². The van der Waals surface area contributed by atoms with Gasteiger partial charge in [-0.1, -0.05) is 30.8 Å². The van der Waals surface area contributed by atoms with E-state index < -0.39 is 0 Å². The summed E-state index contributed by atoms with van der Waals surface area (Å²) in [6.45, 7) is 3.29. The Morgan fingerprint density at radius 3 is 2.90 bits per heavy atom. The van der Waals surface area contributed by atoms with Crippen LogP contribution in [0.1, 0.15) is 30.3 Å². The SMILES string of the molecule is C[C@@H]1CN2C(=N[C@@H](c3ccccn3)[C@H]2c2cccnc2)S1. The van der Waals surface area contributed by atoms with Crippen LogP contribution in [0.4, 0.5) is 0 Å². The molecule has 2 aromatic heterocycles. The van der Waals surface area contributed by atoms with Crippen molar-refractivity contribution in [1.29, 1.82) is 0 Å². The fourth-order valence-corrected chi connectivity index (χ4v) is 4.12. The Labute approximate surface area is 128 Å². The molecule has 2 aliphatic heterocycles. The van der Waals surface area contributed by atoms with Crippen LogP contribution in [0, 0.1) is 0 Å². The van der Waals surface area contributed by atoms with Crippen LogP contribution >= 0.6 is 11.8 Å². The molecule has 0 unspecified atom stereocenters. The summed E-state index contributed by atoms with van der Waals surface area (Å²) in [7, 11) is 0. The number of fused-ring (bicyclic) bond motifs is 1. The normalized spacial score (nSPS) is 27.6. The summed E-state index contributed by atoms with van der Waals surface area (Å²) in [4.78, 5) is 16.2. The van der Waals surface area contributed by atoms with E-state index in [-0.39, 0.29) is 12.1 Å². The molecule has 5 heteroatoms. The summed E-state index contributed by atoms with van der Waals surface area (Å²) in [5.41, 5.74) is 2.24. The molecule has 3 atom stereocenters. The highest BCUT2D eigenvalue weighted by atomic mass is 32.2. The van der Waals surface area contributed by atoms with Gasteiger partial charge in [-0.25, -0.2) is 0 Å². The summed E-state index contributed by atoms with van der Waals surface area (Å²) in [6, 6.07) is 10.4.